The lowest BCUT2D eigenvalue weighted by Gasteiger charge is -2.14. The Bertz CT molecular complexity index is 523. The first kappa shape index (κ1) is 16.6. The van der Waals surface area contributed by atoms with Gasteiger partial charge >= 0.3 is 13.3 Å². The molecule has 0 saturated carbocycles. The third kappa shape index (κ3) is 5.20. The summed E-state index contributed by atoms with van der Waals surface area (Å²) >= 11 is 3.28. The van der Waals surface area contributed by atoms with Gasteiger partial charge in [-0.3, -0.25) is 4.52 Å². The highest BCUT2D eigenvalue weighted by Gasteiger charge is 2.35. The first-order valence-electron chi connectivity index (χ1n) is 6.45. The van der Waals surface area contributed by atoms with Crippen molar-refractivity contribution in [1.82, 2.24) is 0 Å². The Morgan fingerprint density at radius 2 is 2.10 bits per heavy atom. The van der Waals surface area contributed by atoms with Crippen molar-refractivity contribution in [2.45, 2.75) is 30.6 Å². The highest BCUT2D eigenvalue weighted by atomic mass is 79.9. The van der Waals surface area contributed by atoms with Crippen LogP contribution in [0.5, 0.6) is 0 Å². The van der Waals surface area contributed by atoms with Crippen LogP contribution in [0.1, 0.15) is 18.4 Å². The van der Waals surface area contributed by atoms with Crippen molar-refractivity contribution in [3.05, 3.63) is 35.9 Å². The summed E-state index contributed by atoms with van der Waals surface area (Å²) in [5.41, 5.74) is -0.521. The first-order chi connectivity index (χ1) is 9.97. The van der Waals surface area contributed by atoms with Gasteiger partial charge in [0.2, 0.25) is 0 Å². The number of carbonyl (C=O) groups is 1. The fraction of sp³-hybridized carbons (Fsp3) is 0.462. The topological polar surface area (TPSA) is 82.1 Å². The number of hydrogen-bond acceptors (Lipinski definition) is 5. The Morgan fingerprint density at radius 3 is 2.71 bits per heavy atom. The van der Waals surface area contributed by atoms with Gasteiger partial charge in [-0.05, 0) is 18.4 Å². The van der Waals surface area contributed by atoms with Gasteiger partial charge in [-0.1, -0.05) is 46.3 Å². The first-order valence-corrected chi connectivity index (χ1v) is 8.95. The minimum atomic E-state index is -4.45. The molecule has 0 spiro atoms. The molecular weight excluding hydrogens is 363 g/mol. The van der Waals surface area contributed by atoms with Crippen molar-refractivity contribution >= 4 is 29.2 Å². The molecule has 2 rings (SSSR count). The largest absolute Gasteiger partial charge is 0.452 e. The maximum Gasteiger partial charge on any atom is 0.435 e. The van der Waals surface area contributed by atoms with E-state index >= 15 is 0 Å². The summed E-state index contributed by atoms with van der Waals surface area (Å²) in [7, 11) is -4.45. The molecule has 1 aliphatic heterocycles. The van der Waals surface area contributed by atoms with Crippen LogP contribution in [0.3, 0.4) is 0 Å². The lowest BCUT2D eigenvalue weighted by molar-refractivity contribution is 0.0519. The molecule has 1 aliphatic rings. The number of halogens is 1. The van der Waals surface area contributed by atoms with Crippen LogP contribution < -0.4 is 0 Å². The van der Waals surface area contributed by atoms with Gasteiger partial charge in [0.25, 0.3) is 0 Å². The van der Waals surface area contributed by atoms with E-state index in [9.17, 15) is 14.3 Å². The van der Waals surface area contributed by atoms with Gasteiger partial charge in [0, 0.05) is 0 Å². The minimum Gasteiger partial charge on any atom is -0.452 e. The molecule has 1 heterocycles. The molecule has 1 aromatic carbocycles. The zero-order valence-electron chi connectivity index (χ0n) is 11.2. The molecule has 6 nitrogen and oxygen atoms in total. The molecule has 21 heavy (non-hydrogen) atoms. The summed E-state index contributed by atoms with van der Waals surface area (Å²) in [5, 5.41) is -0.0748. The van der Waals surface area contributed by atoms with E-state index in [0.717, 1.165) is 12.0 Å². The molecule has 0 aliphatic carbocycles. The number of benzene rings is 1. The third-order valence-electron chi connectivity index (χ3n) is 2.93. The van der Waals surface area contributed by atoms with Gasteiger partial charge in [-0.15, -0.1) is 0 Å². The molecule has 0 aromatic heterocycles. The fourth-order valence-corrected chi connectivity index (χ4v) is 3.09. The molecule has 116 valence electrons. The van der Waals surface area contributed by atoms with Gasteiger partial charge in [0.15, 0.2) is 0 Å². The van der Waals surface area contributed by atoms with Gasteiger partial charge in [0.1, 0.15) is 11.6 Å². The van der Waals surface area contributed by atoms with Crippen LogP contribution in [-0.2, 0) is 25.2 Å². The second-order valence-electron chi connectivity index (χ2n) is 4.60. The van der Waals surface area contributed by atoms with Crippen LogP contribution in [0.25, 0.3) is 0 Å². The molecular formula is C13H16BrO6P. The standard InChI is InChI=1S/C13H16BrO6P/c14-12-7-6-11(20-12)9-19-21(16,17)13(15)18-8-10-4-2-1-3-5-10/h1-5,11-12H,6-9H2,(H,16,17)/t11?,12-/m1/s1. The van der Waals surface area contributed by atoms with Crippen molar-refractivity contribution < 1.29 is 28.3 Å². The Balaban J connectivity index is 1.78. The van der Waals surface area contributed by atoms with Crippen LogP contribution in [0.15, 0.2) is 30.3 Å². The minimum absolute atomic E-state index is 0.0724. The van der Waals surface area contributed by atoms with E-state index in [-0.39, 0.29) is 24.3 Å². The summed E-state index contributed by atoms with van der Waals surface area (Å²) in [6.07, 6.45) is 1.20. The zero-order valence-corrected chi connectivity index (χ0v) is 13.7. The Kier molecular flexibility index (Phi) is 5.96. The molecule has 1 saturated heterocycles. The molecule has 2 unspecified atom stereocenters. The molecule has 1 aromatic rings. The van der Waals surface area contributed by atoms with Crippen LogP contribution in [0, 0.1) is 0 Å². The summed E-state index contributed by atoms with van der Waals surface area (Å²) in [5.74, 6) is 0. The van der Waals surface area contributed by atoms with E-state index in [2.05, 4.69) is 15.9 Å². The molecule has 8 heteroatoms. The monoisotopic (exact) mass is 378 g/mol. The Labute approximate surface area is 131 Å². The maximum absolute atomic E-state index is 11.8. The van der Waals surface area contributed by atoms with E-state index < -0.39 is 13.3 Å². The second-order valence-corrected chi connectivity index (χ2v) is 7.29. The van der Waals surface area contributed by atoms with Crippen molar-refractivity contribution in [1.29, 1.82) is 0 Å². The summed E-state index contributed by atoms with van der Waals surface area (Å²) < 4.78 is 26.7. The predicted octanol–water partition coefficient (Wildman–Crippen LogP) is 3.43. The van der Waals surface area contributed by atoms with Gasteiger partial charge in [-0.25, -0.2) is 9.36 Å². The van der Waals surface area contributed by atoms with E-state index in [4.69, 9.17) is 14.0 Å². The van der Waals surface area contributed by atoms with Crippen molar-refractivity contribution in [3.63, 3.8) is 0 Å². The number of alkyl halides is 1. The zero-order chi connectivity index (χ0) is 15.3. The molecule has 1 fully saturated rings. The second kappa shape index (κ2) is 7.51. The van der Waals surface area contributed by atoms with Crippen LogP contribution in [0.2, 0.25) is 0 Å². The quantitative estimate of drug-likeness (QED) is 0.603. The Morgan fingerprint density at radius 1 is 1.38 bits per heavy atom. The van der Waals surface area contributed by atoms with Gasteiger partial charge < -0.3 is 14.4 Å². The van der Waals surface area contributed by atoms with E-state index in [1.165, 1.54) is 0 Å². The van der Waals surface area contributed by atoms with Crippen molar-refractivity contribution in [2.24, 2.45) is 0 Å². The fourth-order valence-electron chi connectivity index (χ4n) is 1.82. The van der Waals surface area contributed by atoms with E-state index in [1.807, 2.05) is 6.07 Å². The smallest absolute Gasteiger partial charge is 0.435 e. The number of hydrogen-bond donors (Lipinski definition) is 1. The van der Waals surface area contributed by atoms with Crippen LogP contribution in [0.4, 0.5) is 4.79 Å². The lowest BCUT2D eigenvalue weighted by Crippen LogP contribution is -2.16. The molecule has 0 bridgehead atoms. The highest BCUT2D eigenvalue weighted by molar-refractivity contribution is 9.09. The molecule has 3 atom stereocenters. The average molecular weight is 379 g/mol. The van der Waals surface area contributed by atoms with Crippen molar-refractivity contribution in [3.8, 4) is 0 Å². The maximum atomic E-state index is 11.8. The predicted molar refractivity (Wildman–Crippen MR) is 79.2 cm³/mol. The summed E-state index contributed by atoms with van der Waals surface area (Å²) in [6, 6.07) is 8.89. The Hall–Kier alpha value is -0.720. The third-order valence-corrected chi connectivity index (χ3v) is 4.69. The average Bonchev–Trinajstić information content (AvgIpc) is 2.89. The van der Waals surface area contributed by atoms with Crippen molar-refractivity contribution in [2.75, 3.05) is 6.61 Å². The van der Waals surface area contributed by atoms with E-state index in [0.29, 0.717) is 6.42 Å². The molecule has 1 N–H and O–H groups in total. The van der Waals surface area contributed by atoms with Gasteiger partial charge in [-0.2, -0.15) is 0 Å². The summed E-state index contributed by atoms with van der Waals surface area (Å²) in [4.78, 5) is 21.2. The van der Waals surface area contributed by atoms with Crippen LogP contribution >= 0.6 is 23.5 Å². The van der Waals surface area contributed by atoms with Gasteiger partial charge in [0.05, 0.1) is 12.7 Å². The van der Waals surface area contributed by atoms with E-state index in [1.54, 1.807) is 24.3 Å². The highest BCUT2D eigenvalue weighted by Crippen LogP contribution is 2.45. The normalized spacial score (nSPS) is 24.5. The lowest BCUT2D eigenvalue weighted by atomic mass is 10.2. The SMILES string of the molecule is O=C(OCc1ccccc1)P(=O)(O)OCC1CC[C@H](Br)O1. The molecule has 0 amide bonds. The van der Waals surface area contributed by atoms with Crippen LogP contribution in [-0.4, -0.2) is 28.3 Å². The number of rotatable bonds is 6. The number of carbonyl (C=O) groups excluding carboxylic acids is 1. The summed E-state index contributed by atoms with van der Waals surface area (Å²) in [6.45, 7) is -0.187. The number of ether oxygens (including phenoxy) is 2. The molecule has 0 radical (unpaired) electrons.